The number of ether oxygens (including phenoxy) is 2. The smallest absolute Gasteiger partial charge is 0.457 e. The maximum Gasteiger partial charge on any atom is 0.472 e. The number of aliphatic hydroxyl groups is 2. The predicted octanol–water partition coefficient (Wildman–Crippen LogP) is 14.5. The highest BCUT2D eigenvalue weighted by atomic mass is 31.2. The average molecular weight is 893 g/mol. The largest absolute Gasteiger partial charge is 0.472 e. The Morgan fingerprint density at radius 1 is 0.516 bits per heavy atom. The average Bonchev–Trinajstić information content (AvgIpc) is 3.26. The van der Waals surface area contributed by atoms with Crippen LogP contribution in [0, 0.1) is 0 Å². The van der Waals surface area contributed by atoms with Crippen molar-refractivity contribution in [1.29, 1.82) is 0 Å². The summed E-state index contributed by atoms with van der Waals surface area (Å²) in [5.74, 6) is -0.439. The molecule has 0 fully saturated rings. The fraction of sp³-hybridized carbons (Fsp3) is 0.750. The summed E-state index contributed by atoms with van der Waals surface area (Å²) in [6.07, 6.45) is 58.8. The molecule has 0 aromatic heterocycles. The molecule has 0 aliphatic carbocycles. The Labute approximate surface area is 380 Å². The number of phosphoric ester groups is 1. The second-order valence-electron chi connectivity index (χ2n) is 16.4. The van der Waals surface area contributed by atoms with Gasteiger partial charge in [-0.15, -0.1) is 0 Å². The predicted molar refractivity (Wildman–Crippen MR) is 260 cm³/mol. The molecular weight excluding hydrogens is 800 g/mol. The molecule has 0 aromatic rings. The van der Waals surface area contributed by atoms with Gasteiger partial charge in [-0.25, -0.2) is 4.57 Å². The Balaban J connectivity index is 4.13. The van der Waals surface area contributed by atoms with Crippen molar-refractivity contribution in [2.45, 2.75) is 219 Å². The minimum atomic E-state index is -4.54. The Hall–Kier alpha value is -2.10. The number of hydrogen-bond donors (Lipinski definition) is 3. The number of carbonyl (C=O) groups is 1. The van der Waals surface area contributed by atoms with Crippen molar-refractivity contribution in [2.75, 3.05) is 33.0 Å². The zero-order valence-corrected chi connectivity index (χ0v) is 40.5. The SMILES string of the molecule is CC/C=C\C/C=C\C/C=C\C/C=C\C/C=C\CCCC(=O)OC(COCCCCCCCCCCCCCC/C=C\CCCCCCCCCC)COP(=O)(O)OCC(O)CO. The highest BCUT2D eigenvalue weighted by Gasteiger charge is 2.26. The van der Waals surface area contributed by atoms with Crippen LogP contribution >= 0.6 is 7.82 Å². The summed E-state index contributed by atoms with van der Waals surface area (Å²) in [5, 5.41) is 18.4. The second-order valence-corrected chi connectivity index (χ2v) is 17.9. The van der Waals surface area contributed by atoms with E-state index in [-0.39, 0.29) is 13.0 Å². The molecule has 0 aliphatic rings. The van der Waals surface area contributed by atoms with Crippen LogP contribution in [0.5, 0.6) is 0 Å². The Kier molecular flexibility index (Phi) is 46.7. The Morgan fingerprint density at radius 2 is 0.919 bits per heavy atom. The third kappa shape index (κ3) is 47.4. The molecule has 0 heterocycles. The van der Waals surface area contributed by atoms with Crippen molar-refractivity contribution in [3.8, 4) is 0 Å². The first-order chi connectivity index (χ1) is 30.3. The summed E-state index contributed by atoms with van der Waals surface area (Å²) >= 11 is 0. The van der Waals surface area contributed by atoms with Gasteiger partial charge in [0.05, 0.1) is 26.4 Å². The monoisotopic (exact) mass is 893 g/mol. The molecule has 0 amide bonds. The number of phosphoric acid groups is 1. The topological polar surface area (TPSA) is 132 Å². The van der Waals surface area contributed by atoms with Crippen LogP contribution in [0.1, 0.15) is 206 Å². The van der Waals surface area contributed by atoms with E-state index in [0.29, 0.717) is 13.0 Å². The van der Waals surface area contributed by atoms with Gasteiger partial charge >= 0.3 is 13.8 Å². The molecule has 0 aliphatic heterocycles. The lowest BCUT2D eigenvalue weighted by Crippen LogP contribution is -2.29. The number of allylic oxidation sites excluding steroid dienone is 12. The van der Waals surface area contributed by atoms with Crippen molar-refractivity contribution in [3.63, 3.8) is 0 Å². The molecular formula is C52H93O9P. The van der Waals surface area contributed by atoms with Gasteiger partial charge in [-0.05, 0) is 77.0 Å². The molecule has 360 valence electrons. The second kappa shape index (κ2) is 48.4. The number of esters is 1. The lowest BCUT2D eigenvalue weighted by Gasteiger charge is -2.20. The van der Waals surface area contributed by atoms with Gasteiger partial charge in [0.25, 0.3) is 0 Å². The summed E-state index contributed by atoms with van der Waals surface area (Å²) in [7, 11) is -4.54. The number of rotatable bonds is 47. The van der Waals surface area contributed by atoms with E-state index in [1.165, 1.54) is 122 Å². The Morgan fingerprint density at radius 3 is 1.40 bits per heavy atom. The number of unbranched alkanes of at least 4 members (excludes halogenated alkanes) is 21. The van der Waals surface area contributed by atoms with Crippen LogP contribution in [0.25, 0.3) is 0 Å². The molecule has 0 saturated carbocycles. The fourth-order valence-electron chi connectivity index (χ4n) is 6.62. The molecule has 9 nitrogen and oxygen atoms in total. The maximum absolute atomic E-state index is 12.6. The molecule has 3 atom stereocenters. The summed E-state index contributed by atoms with van der Waals surface area (Å²) in [6, 6.07) is 0. The van der Waals surface area contributed by atoms with E-state index in [1.807, 2.05) is 0 Å². The van der Waals surface area contributed by atoms with E-state index in [9.17, 15) is 19.4 Å². The first-order valence-electron chi connectivity index (χ1n) is 24.9. The normalized spacial score (nSPS) is 14.5. The highest BCUT2D eigenvalue weighted by molar-refractivity contribution is 7.47. The van der Waals surface area contributed by atoms with Crippen molar-refractivity contribution >= 4 is 13.8 Å². The van der Waals surface area contributed by atoms with E-state index in [2.05, 4.69) is 86.8 Å². The van der Waals surface area contributed by atoms with Crippen molar-refractivity contribution in [2.24, 2.45) is 0 Å². The van der Waals surface area contributed by atoms with Gasteiger partial charge in [-0.1, -0.05) is 196 Å². The van der Waals surface area contributed by atoms with Gasteiger partial charge in [-0.2, -0.15) is 0 Å². The third-order valence-corrected chi connectivity index (χ3v) is 11.3. The lowest BCUT2D eigenvalue weighted by molar-refractivity contribution is -0.154. The van der Waals surface area contributed by atoms with Crippen LogP contribution in [0.3, 0.4) is 0 Å². The molecule has 62 heavy (non-hydrogen) atoms. The standard InChI is InChI=1S/C52H93O9P/c1-3-5-7-9-11-13-15-17-19-21-22-23-24-25-26-27-29-31-33-35-37-39-41-43-45-58-48-51(49-60-62(56,57)59-47-50(54)46-53)61-52(55)44-42-40-38-36-34-32-30-28-20-18-16-14-12-10-8-6-4-2/h6,8,12,14,18,20-22,30,32,36,38,50-51,53-54H,3-5,7,9-11,13,15-17,19,23-29,31,33-35,37,39-49H2,1-2H3,(H,56,57)/b8-6-,14-12-,20-18-,22-21-,32-30-,38-36-. The van der Waals surface area contributed by atoms with Crippen LogP contribution < -0.4 is 0 Å². The van der Waals surface area contributed by atoms with Gasteiger partial charge in [0.2, 0.25) is 0 Å². The molecule has 0 radical (unpaired) electrons. The van der Waals surface area contributed by atoms with Gasteiger partial charge < -0.3 is 24.6 Å². The van der Waals surface area contributed by atoms with Crippen LogP contribution in [0.2, 0.25) is 0 Å². The van der Waals surface area contributed by atoms with E-state index >= 15 is 0 Å². The summed E-state index contributed by atoms with van der Waals surface area (Å²) in [6.45, 7) is 3.34. The number of aliphatic hydroxyl groups excluding tert-OH is 2. The molecule has 0 saturated heterocycles. The van der Waals surface area contributed by atoms with Gasteiger partial charge in [0.1, 0.15) is 12.2 Å². The van der Waals surface area contributed by atoms with Gasteiger partial charge in [-0.3, -0.25) is 13.8 Å². The summed E-state index contributed by atoms with van der Waals surface area (Å²) < 4.78 is 33.4. The first kappa shape index (κ1) is 59.9. The molecule has 0 spiro atoms. The third-order valence-electron chi connectivity index (χ3n) is 10.4. The van der Waals surface area contributed by atoms with E-state index < -0.39 is 45.8 Å². The van der Waals surface area contributed by atoms with Crippen LogP contribution in [0.4, 0.5) is 0 Å². The minimum Gasteiger partial charge on any atom is -0.457 e. The fourth-order valence-corrected chi connectivity index (χ4v) is 7.41. The maximum atomic E-state index is 12.6. The minimum absolute atomic E-state index is 0.0236. The lowest BCUT2D eigenvalue weighted by atomic mass is 10.0. The first-order valence-corrected chi connectivity index (χ1v) is 26.4. The molecule has 3 unspecified atom stereocenters. The van der Waals surface area contributed by atoms with Crippen molar-refractivity contribution in [1.82, 2.24) is 0 Å². The van der Waals surface area contributed by atoms with Crippen LogP contribution in [-0.2, 0) is 27.9 Å². The molecule has 0 rings (SSSR count). The zero-order chi connectivity index (χ0) is 45.3. The van der Waals surface area contributed by atoms with Crippen LogP contribution in [-0.4, -0.2) is 66.3 Å². The van der Waals surface area contributed by atoms with E-state index in [1.54, 1.807) is 0 Å². The molecule has 0 bridgehead atoms. The zero-order valence-electron chi connectivity index (χ0n) is 39.6. The highest BCUT2D eigenvalue weighted by Crippen LogP contribution is 2.43. The van der Waals surface area contributed by atoms with Gasteiger partial charge in [0, 0.05) is 13.0 Å². The Bertz CT molecular complexity index is 1190. The van der Waals surface area contributed by atoms with E-state index in [0.717, 1.165) is 57.8 Å². The van der Waals surface area contributed by atoms with Crippen molar-refractivity contribution in [3.05, 3.63) is 72.9 Å². The van der Waals surface area contributed by atoms with Crippen molar-refractivity contribution < 1.29 is 43.0 Å². The molecule has 3 N–H and O–H groups in total. The summed E-state index contributed by atoms with van der Waals surface area (Å²) in [4.78, 5) is 22.6. The summed E-state index contributed by atoms with van der Waals surface area (Å²) in [5.41, 5.74) is 0. The van der Waals surface area contributed by atoms with Crippen LogP contribution in [0.15, 0.2) is 72.9 Å². The number of hydrogen-bond acceptors (Lipinski definition) is 8. The van der Waals surface area contributed by atoms with Gasteiger partial charge in [0.15, 0.2) is 0 Å². The molecule has 0 aromatic carbocycles. The molecule has 10 heteroatoms. The number of carbonyl (C=O) groups excluding carboxylic acids is 1. The van der Waals surface area contributed by atoms with E-state index in [4.69, 9.17) is 23.6 Å². The quantitative estimate of drug-likeness (QED) is 0.0236.